The summed E-state index contributed by atoms with van der Waals surface area (Å²) in [6.45, 7) is 0. The SMILES string of the molecule is O=C(CCc1nc(-c2ccsc2)no1)Nn1cnc2ccccc21. The Balaban J connectivity index is 1.38. The minimum atomic E-state index is -0.145. The van der Waals surface area contributed by atoms with Crippen molar-refractivity contribution in [2.45, 2.75) is 12.8 Å². The third-order valence-electron chi connectivity index (χ3n) is 3.51. The molecule has 0 spiro atoms. The van der Waals surface area contributed by atoms with Crippen molar-refractivity contribution in [1.29, 1.82) is 0 Å². The molecule has 0 aliphatic heterocycles. The average Bonchev–Trinajstić information content (AvgIpc) is 3.34. The van der Waals surface area contributed by atoms with Crippen LogP contribution in [0.15, 0.2) is 51.9 Å². The number of hydrogen-bond acceptors (Lipinski definition) is 6. The van der Waals surface area contributed by atoms with Gasteiger partial charge in [0.1, 0.15) is 6.33 Å². The van der Waals surface area contributed by atoms with E-state index in [2.05, 4.69) is 20.6 Å². The number of aryl methyl sites for hydroxylation is 1. The van der Waals surface area contributed by atoms with E-state index in [0.29, 0.717) is 18.1 Å². The number of carbonyl (C=O) groups excluding carboxylic acids is 1. The zero-order valence-electron chi connectivity index (χ0n) is 12.5. The van der Waals surface area contributed by atoms with Crippen molar-refractivity contribution in [3.05, 3.63) is 53.3 Å². The highest BCUT2D eigenvalue weighted by molar-refractivity contribution is 7.08. The summed E-state index contributed by atoms with van der Waals surface area (Å²) in [5.41, 5.74) is 5.40. The van der Waals surface area contributed by atoms with Crippen LogP contribution in [0.1, 0.15) is 12.3 Å². The maximum absolute atomic E-state index is 12.1. The molecule has 1 N–H and O–H groups in total. The lowest BCUT2D eigenvalue weighted by atomic mass is 10.3. The van der Waals surface area contributed by atoms with Crippen LogP contribution in [-0.4, -0.2) is 25.7 Å². The summed E-state index contributed by atoms with van der Waals surface area (Å²) in [6.07, 6.45) is 2.22. The number of amides is 1. The van der Waals surface area contributed by atoms with Gasteiger partial charge in [0.2, 0.25) is 17.6 Å². The van der Waals surface area contributed by atoms with Crippen LogP contribution in [0, 0.1) is 0 Å². The molecule has 0 radical (unpaired) electrons. The van der Waals surface area contributed by atoms with Crippen LogP contribution in [0.3, 0.4) is 0 Å². The molecule has 24 heavy (non-hydrogen) atoms. The molecule has 3 aromatic heterocycles. The van der Waals surface area contributed by atoms with Crippen molar-refractivity contribution in [1.82, 2.24) is 19.8 Å². The van der Waals surface area contributed by atoms with E-state index in [-0.39, 0.29) is 12.3 Å². The lowest BCUT2D eigenvalue weighted by Gasteiger charge is -2.05. The summed E-state index contributed by atoms with van der Waals surface area (Å²) in [5.74, 6) is 0.850. The monoisotopic (exact) mass is 339 g/mol. The standard InChI is InChI=1S/C16H13N5O2S/c22-14(19-21-10-17-12-3-1-2-4-13(12)21)5-6-15-18-16(20-23-15)11-7-8-24-9-11/h1-4,7-10H,5-6H2,(H,19,22). The molecule has 0 aliphatic rings. The van der Waals surface area contributed by atoms with Gasteiger partial charge in [0.05, 0.1) is 11.0 Å². The molecule has 0 saturated heterocycles. The fraction of sp³-hybridized carbons (Fsp3) is 0.125. The molecule has 0 atom stereocenters. The molecule has 8 heteroatoms. The minimum Gasteiger partial charge on any atom is -0.339 e. The molecule has 3 heterocycles. The fourth-order valence-electron chi connectivity index (χ4n) is 2.32. The number of para-hydroxylation sites is 2. The fourth-order valence-corrected chi connectivity index (χ4v) is 2.96. The van der Waals surface area contributed by atoms with Crippen molar-refractivity contribution in [3.63, 3.8) is 0 Å². The predicted octanol–water partition coefficient (Wildman–Crippen LogP) is 2.85. The molecular formula is C16H13N5O2S. The number of fused-ring (bicyclic) bond motifs is 1. The Bertz CT molecular complexity index is 973. The number of nitrogens with one attached hydrogen (secondary N) is 1. The van der Waals surface area contributed by atoms with Crippen molar-refractivity contribution < 1.29 is 9.32 Å². The summed E-state index contributed by atoms with van der Waals surface area (Å²) in [4.78, 5) is 20.6. The van der Waals surface area contributed by atoms with Crippen LogP contribution in [0.4, 0.5) is 0 Å². The first-order valence-corrected chi connectivity index (χ1v) is 8.31. The number of rotatable bonds is 5. The van der Waals surface area contributed by atoms with Crippen molar-refractivity contribution >= 4 is 28.3 Å². The quantitative estimate of drug-likeness (QED) is 0.604. The Hall–Kier alpha value is -3.00. The van der Waals surface area contributed by atoms with Crippen LogP contribution in [0.5, 0.6) is 0 Å². The maximum Gasteiger partial charge on any atom is 0.239 e. The van der Waals surface area contributed by atoms with Crippen molar-refractivity contribution in [3.8, 4) is 11.4 Å². The van der Waals surface area contributed by atoms with Crippen molar-refractivity contribution in [2.75, 3.05) is 5.43 Å². The van der Waals surface area contributed by atoms with E-state index in [1.54, 1.807) is 22.3 Å². The molecule has 7 nitrogen and oxygen atoms in total. The number of carbonyl (C=O) groups is 1. The predicted molar refractivity (Wildman–Crippen MR) is 90.0 cm³/mol. The Morgan fingerprint density at radius 1 is 1.29 bits per heavy atom. The van der Waals surface area contributed by atoms with Gasteiger partial charge in [0, 0.05) is 23.8 Å². The lowest BCUT2D eigenvalue weighted by Crippen LogP contribution is -2.22. The first-order chi connectivity index (χ1) is 11.8. The normalized spacial score (nSPS) is 11.0. The topological polar surface area (TPSA) is 85.8 Å². The number of imidazole rings is 1. The average molecular weight is 339 g/mol. The molecule has 0 bridgehead atoms. The van der Waals surface area contributed by atoms with E-state index in [1.807, 2.05) is 41.1 Å². The van der Waals surface area contributed by atoms with E-state index >= 15 is 0 Å². The third kappa shape index (κ3) is 2.91. The number of aromatic nitrogens is 4. The molecule has 0 unspecified atom stereocenters. The van der Waals surface area contributed by atoms with E-state index in [0.717, 1.165) is 16.6 Å². The third-order valence-corrected chi connectivity index (χ3v) is 4.20. The molecule has 0 saturated carbocycles. The number of nitrogens with zero attached hydrogens (tertiary/aromatic N) is 4. The van der Waals surface area contributed by atoms with Crippen LogP contribution < -0.4 is 5.43 Å². The van der Waals surface area contributed by atoms with Gasteiger partial charge in [0.25, 0.3) is 0 Å². The Morgan fingerprint density at radius 2 is 2.21 bits per heavy atom. The molecule has 0 fully saturated rings. The summed E-state index contributed by atoms with van der Waals surface area (Å²) < 4.78 is 6.80. The van der Waals surface area contributed by atoms with E-state index in [9.17, 15) is 4.79 Å². The maximum atomic E-state index is 12.1. The highest BCUT2D eigenvalue weighted by Gasteiger charge is 2.11. The van der Waals surface area contributed by atoms with Gasteiger partial charge < -0.3 is 4.52 Å². The van der Waals surface area contributed by atoms with Gasteiger partial charge in [-0.05, 0) is 23.6 Å². The Labute approximate surface area is 140 Å². The zero-order chi connectivity index (χ0) is 16.4. The summed E-state index contributed by atoms with van der Waals surface area (Å²) in [5, 5.41) is 7.83. The smallest absolute Gasteiger partial charge is 0.239 e. The van der Waals surface area contributed by atoms with Crippen LogP contribution in [-0.2, 0) is 11.2 Å². The second kappa shape index (κ2) is 6.25. The van der Waals surface area contributed by atoms with Gasteiger partial charge in [-0.1, -0.05) is 17.3 Å². The summed E-state index contributed by atoms with van der Waals surface area (Å²) >= 11 is 1.57. The Kier molecular flexibility index (Phi) is 3.80. The van der Waals surface area contributed by atoms with Crippen LogP contribution in [0.25, 0.3) is 22.4 Å². The van der Waals surface area contributed by atoms with Gasteiger partial charge in [0.15, 0.2) is 0 Å². The second-order valence-electron chi connectivity index (χ2n) is 5.16. The highest BCUT2D eigenvalue weighted by atomic mass is 32.1. The van der Waals surface area contributed by atoms with Crippen LogP contribution in [0.2, 0.25) is 0 Å². The molecule has 1 aromatic carbocycles. The highest BCUT2D eigenvalue weighted by Crippen LogP contribution is 2.19. The van der Waals surface area contributed by atoms with E-state index in [4.69, 9.17) is 4.52 Å². The number of benzene rings is 1. The summed E-state index contributed by atoms with van der Waals surface area (Å²) in [6, 6.07) is 9.52. The van der Waals surface area contributed by atoms with Gasteiger partial charge in [-0.25, -0.2) is 9.66 Å². The van der Waals surface area contributed by atoms with Gasteiger partial charge in [-0.3, -0.25) is 10.2 Å². The number of thiophene rings is 1. The first-order valence-electron chi connectivity index (χ1n) is 7.37. The second-order valence-corrected chi connectivity index (χ2v) is 5.94. The molecule has 0 aliphatic carbocycles. The van der Waals surface area contributed by atoms with E-state index in [1.165, 1.54) is 0 Å². The first kappa shape index (κ1) is 14.6. The molecule has 4 aromatic rings. The Morgan fingerprint density at radius 3 is 3.08 bits per heavy atom. The molecule has 4 rings (SSSR count). The minimum absolute atomic E-state index is 0.145. The van der Waals surface area contributed by atoms with Gasteiger partial charge >= 0.3 is 0 Å². The van der Waals surface area contributed by atoms with Gasteiger partial charge in [-0.15, -0.1) is 0 Å². The largest absolute Gasteiger partial charge is 0.339 e. The van der Waals surface area contributed by atoms with Crippen LogP contribution >= 0.6 is 11.3 Å². The van der Waals surface area contributed by atoms with Crippen molar-refractivity contribution in [2.24, 2.45) is 0 Å². The number of hydrogen-bond donors (Lipinski definition) is 1. The molecule has 1 amide bonds. The van der Waals surface area contributed by atoms with Gasteiger partial charge in [-0.2, -0.15) is 16.3 Å². The summed E-state index contributed by atoms with van der Waals surface area (Å²) in [7, 11) is 0. The lowest BCUT2D eigenvalue weighted by molar-refractivity contribution is -0.117. The van der Waals surface area contributed by atoms with E-state index < -0.39 is 0 Å². The zero-order valence-corrected chi connectivity index (χ0v) is 13.4. The molecule has 120 valence electrons. The molecular weight excluding hydrogens is 326 g/mol.